The van der Waals surface area contributed by atoms with Crippen molar-refractivity contribution in [2.24, 2.45) is 7.05 Å². The third-order valence-corrected chi connectivity index (χ3v) is 4.76. The molecule has 1 amide bonds. The van der Waals surface area contributed by atoms with Crippen LogP contribution in [0, 0.1) is 6.92 Å². The first-order chi connectivity index (χ1) is 13.3. The van der Waals surface area contributed by atoms with Crippen LogP contribution in [0.15, 0.2) is 42.5 Å². The van der Waals surface area contributed by atoms with E-state index in [1.54, 1.807) is 50.4 Å². The van der Waals surface area contributed by atoms with E-state index in [1.807, 2.05) is 0 Å². The van der Waals surface area contributed by atoms with E-state index in [9.17, 15) is 9.59 Å². The van der Waals surface area contributed by atoms with Crippen LogP contribution in [0.4, 0.5) is 5.82 Å². The summed E-state index contributed by atoms with van der Waals surface area (Å²) in [7, 11) is 3.13. The minimum absolute atomic E-state index is 0.225. The molecule has 0 bridgehead atoms. The highest BCUT2D eigenvalue weighted by molar-refractivity contribution is 6.37. The van der Waals surface area contributed by atoms with Gasteiger partial charge in [0.05, 0.1) is 29.0 Å². The second kappa shape index (κ2) is 8.04. The van der Waals surface area contributed by atoms with Gasteiger partial charge in [0.2, 0.25) is 0 Å². The van der Waals surface area contributed by atoms with Gasteiger partial charge in [-0.2, -0.15) is 5.10 Å². The Morgan fingerprint density at radius 1 is 1.11 bits per heavy atom. The molecule has 6 nitrogen and oxygen atoms in total. The van der Waals surface area contributed by atoms with Gasteiger partial charge in [-0.15, -0.1) is 0 Å². The summed E-state index contributed by atoms with van der Waals surface area (Å²) in [6, 6.07) is 11.4. The molecule has 1 N–H and O–H groups in total. The first-order valence-corrected chi connectivity index (χ1v) is 9.06. The lowest BCUT2D eigenvalue weighted by Gasteiger charge is -2.11. The zero-order valence-electron chi connectivity index (χ0n) is 15.4. The number of methoxy groups -OCH3 is 1. The number of carbonyl (C=O) groups excluding carboxylic acids is 2. The predicted molar refractivity (Wildman–Crippen MR) is 109 cm³/mol. The van der Waals surface area contributed by atoms with Crippen LogP contribution in [-0.4, -0.2) is 28.6 Å². The third kappa shape index (κ3) is 3.74. The molecule has 3 aromatic rings. The van der Waals surface area contributed by atoms with Crippen molar-refractivity contribution in [2.45, 2.75) is 6.92 Å². The number of para-hydroxylation sites is 1. The zero-order chi connectivity index (χ0) is 20.4. The molecule has 8 heteroatoms. The van der Waals surface area contributed by atoms with Gasteiger partial charge in [0.25, 0.3) is 5.91 Å². The van der Waals surface area contributed by atoms with Gasteiger partial charge in [-0.05, 0) is 37.3 Å². The first kappa shape index (κ1) is 19.9. The summed E-state index contributed by atoms with van der Waals surface area (Å²) in [6.07, 6.45) is 0. The number of nitrogens with zero attached hydrogens (tertiary/aromatic N) is 2. The molecule has 0 saturated heterocycles. The van der Waals surface area contributed by atoms with Crippen molar-refractivity contribution < 1.29 is 14.3 Å². The molecule has 2 aromatic carbocycles. The SMILES string of the molecule is COc1ccccc1C(=O)Nc1c(C(=O)c2ccc(Cl)cc2Cl)c(C)nn1C. The third-order valence-electron chi connectivity index (χ3n) is 4.21. The average Bonchev–Trinajstić information content (AvgIpc) is 2.94. The summed E-state index contributed by atoms with van der Waals surface area (Å²) in [6.45, 7) is 1.69. The monoisotopic (exact) mass is 417 g/mol. The number of aromatic nitrogens is 2. The van der Waals surface area contributed by atoms with Crippen molar-refractivity contribution in [1.29, 1.82) is 0 Å². The maximum Gasteiger partial charge on any atom is 0.260 e. The average molecular weight is 418 g/mol. The molecule has 144 valence electrons. The molecule has 0 unspecified atom stereocenters. The van der Waals surface area contributed by atoms with E-state index in [-0.39, 0.29) is 27.8 Å². The molecular weight excluding hydrogens is 401 g/mol. The fraction of sp³-hybridized carbons (Fsp3) is 0.150. The second-order valence-electron chi connectivity index (χ2n) is 6.04. The molecule has 0 radical (unpaired) electrons. The van der Waals surface area contributed by atoms with Crippen LogP contribution in [0.25, 0.3) is 0 Å². The van der Waals surface area contributed by atoms with E-state index in [0.717, 1.165) is 0 Å². The minimum Gasteiger partial charge on any atom is -0.496 e. The van der Waals surface area contributed by atoms with Gasteiger partial charge >= 0.3 is 0 Å². The van der Waals surface area contributed by atoms with Crippen molar-refractivity contribution in [3.8, 4) is 5.75 Å². The molecule has 3 rings (SSSR count). The largest absolute Gasteiger partial charge is 0.496 e. The first-order valence-electron chi connectivity index (χ1n) is 8.31. The van der Waals surface area contributed by atoms with Gasteiger partial charge in [-0.25, -0.2) is 0 Å². The summed E-state index contributed by atoms with van der Waals surface area (Å²) in [5.74, 6) is -0.0868. The number of hydrogen-bond acceptors (Lipinski definition) is 4. The number of aryl methyl sites for hydroxylation is 2. The van der Waals surface area contributed by atoms with Crippen LogP contribution < -0.4 is 10.1 Å². The quantitative estimate of drug-likeness (QED) is 0.618. The summed E-state index contributed by atoms with van der Waals surface area (Å²) in [5, 5.41) is 7.69. The van der Waals surface area contributed by atoms with Gasteiger partial charge in [0, 0.05) is 17.6 Å². The Labute approximate surface area is 172 Å². The predicted octanol–water partition coefficient (Wildman–Crippen LogP) is 4.53. The summed E-state index contributed by atoms with van der Waals surface area (Å²) in [5.41, 5.74) is 1.34. The van der Waals surface area contributed by atoms with Crippen molar-refractivity contribution >= 4 is 40.7 Å². The molecule has 1 heterocycles. The Morgan fingerprint density at radius 2 is 1.82 bits per heavy atom. The fourth-order valence-electron chi connectivity index (χ4n) is 2.89. The molecule has 28 heavy (non-hydrogen) atoms. The number of amides is 1. The van der Waals surface area contributed by atoms with Crippen molar-refractivity contribution in [3.05, 3.63) is 74.9 Å². The van der Waals surface area contributed by atoms with E-state index >= 15 is 0 Å². The lowest BCUT2D eigenvalue weighted by Crippen LogP contribution is -2.18. The van der Waals surface area contributed by atoms with E-state index in [4.69, 9.17) is 27.9 Å². The minimum atomic E-state index is -0.420. The number of carbonyl (C=O) groups is 2. The molecular formula is C20H17Cl2N3O3. The smallest absolute Gasteiger partial charge is 0.260 e. The summed E-state index contributed by atoms with van der Waals surface area (Å²) < 4.78 is 6.68. The molecule has 0 spiro atoms. The number of halogens is 2. The number of hydrogen-bond donors (Lipinski definition) is 1. The number of nitrogens with one attached hydrogen (secondary N) is 1. The Bertz CT molecular complexity index is 1080. The Balaban J connectivity index is 2.02. The highest BCUT2D eigenvalue weighted by Gasteiger charge is 2.25. The zero-order valence-corrected chi connectivity index (χ0v) is 16.9. The topological polar surface area (TPSA) is 73.2 Å². The Morgan fingerprint density at radius 3 is 2.50 bits per heavy atom. The highest BCUT2D eigenvalue weighted by atomic mass is 35.5. The number of anilines is 1. The Kier molecular flexibility index (Phi) is 5.72. The lowest BCUT2D eigenvalue weighted by atomic mass is 10.0. The summed E-state index contributed by atoms with van der Waals surface area (Å²) in [4.78, 5) is 25.9. The standard InChI is InChI=1S/C20H17Cl2N3O3/c1-11-17(18(26)13-9-8-12(21)10-15(13)22)19(25(2)24-11)23-20(27)14-6-4-5-7-16(14)28-3/h4-10H,1-3H3,(H,23,27). The van der Waals surface area contributed by atoms with E-state index in [1.165, 1.54) is 17.9 Å². The van der Waals surface area contributed by atoms with Crippen molar-refractivity contribution in [1.82, 2.24) is 9.78 Å². The van der Waals surface area contributed by atoms with Crippen molar-refractivity contribution in [2.75, 3.05) is 12.4 Å². The molecule has 0 saturated carbocycles. The highest BCUT2D eigenvalue weighted by Crippen LogP contribution is 2.29. The van der Waals surface area contributed by atoms with Crippen LogP contribution >= 0.6 is 23.2 Å². The van der Waals surface area contributed by atoms with Crippen LogP contribution in [0.1, 0.15) is 32.0 Å². The van der Waals surface area contributed by atoms with Gasteiger partial charge < -0.3 is 10.1 Å². The normalized spacial score (nSPS) is 10.6. The number of benzene rings is 2. The molecule has 0 fully saturated rings. The number of ketones is 1. The molecule has 0 aliphatic heterocycles. The number of ether oxygens (including phenoxy) is 1. The fourth-order valence-corrected chi connectivity index (χ4v) is 3.38. The molecule has 1 aromatic heterocycles. The maximum atomic E-state index is 13.1. The van der Waals surface area contributed by atoms with Crippen LogP contribution in [0.2, 0.25) is 10.0 Å². The molecule has 0 atom stereocenters. The van der Waals surface area contributed by atoms with E-state index in [0.29, 0.717) is 22.0 Å². The molecule has 0 aliphatic carbocycles. The van der Waals surface area contributed by atoms with Gasteiger partial charge in [0.15, 0.2) is 5.78 Å². The number of rotatable bonds is 5. The van der Waals surface area contributed by atoms with Crippen LogP contribution in [0.3, 0.4) is 0 Å². The molecule has 0 aliphatic rings. The van der Waals surface area contributed by atoms with Gasteiger partial charge in [-0.1, -0.05) is 35.3 Å². The van der Waals surface area contributed by atoms with Gasteiger partial charge in [0.1, 0.15) is 11.6 Å². The van der Waals surface area contributed by atoms with Crippen LogP contribution in [-0.2, 0) is 7.05 Å². The maximum absolute atomic E-state index is 13.1. The van der Waals surface area contributed by atoms with Crippen molar-refractivity contribution in [3.63, 3.8) is 0 Å². The lowest BCUT2D eigenvalue weighted by molar-refractivity contribution is 0.102. The van der Waals surface area contributed by atoms with E-state index < -0.39 is 5.91 Å². The second-order valence-corrected chi connectivity index (χ2v) is 6.88. The Hall–Kier alpha value is -2.83. The summed E-state index contributed by atoms with van der Waals surface area (Å²) >= 11 is 12.1. The van der Waals surface area contributed by atoms with E-state index in [2.05, 4.69) is 10.4 Å². The van der Waals surface area contributed by atoms with Gasteiger partial charge in [-0.3, -0.25) is 14.3 Å². The van der Waals surface area contributed by atoms with Crippen LogP contribution in [0.5, 0.6) is 5.75 Å².